The summed E-state index contributed by atoms with van der Waals surface area (Å²) in [6.45, 7) is 1.45. The Bertz CT molecular complexity index is 130. The largest absolute Gasteiger partial charge is 0.396 e. The standard InChI is InChI=1S/C9H20O5/c1-7(4-8(12)2-3-10)14-6-9(13)5-11/h7-13H,2-6H2,1H3. The Hall–Kier alpha value is -0.200. The molecule has 0 aromatic rings. The molecular weight excluding hydrogens is 188 g/mol. The summed E-state index contributed by atoms with van der Waals surface area (Å²) in [6.07, 6.45) is -0.902. The fourth-order valence-corrected chi connectivity index (χ4v) is 1.05. The molecule has 86 valence electrons. The van der Waals surface area contributed by atoms with Crippen LogP contribution in [0.15, 0.2) is 0 Å². The molecule has 3 unspecified atom stereocenters. The lowest BCUT2D eigenvalue weighted by atomic mass is 10.1. The van der Waals surface area contributed by atoms with Crippen molar-refractivity contribution in [1.29, 1.82) is 0 Å². The maximum atomic E-state index is 9.29. The van der Waals surface area contributed by atoms with E-state index in [-0.39, 0.29) is 25.9 Å². The van der Waals surface area contributed by atoms with Gasteiger partial charge >= 0.3 is 0 Å². The van der Waals surface area contributed by atoms with Gasteiger partial charge in [-0.05, 0) is 19.8 Å². The Labute approximate surface area is 83.9 Å². The van der Waals surface area contributed by atoms with Crippen LogP contribution in [0, 0.1) is 0 Å². The summed E-state index contributed by atoms with van der Waals surface area (Å²) in [5.41, 5.74) is 0. The lowest BCUT2D eigenvalue weighted by molar-refractivity contribution is -0.0387. The zero-order valence-corrected chi connectivity index (χ0v) is 8.46. The molecular formula is C9H20O5. The van der Waals surface area contributed by atoms with Crippen LogP contribution in [0.3, 0.4) is 0 Å². The first-order valence-corrected chi connectivity index (χ1v) is 4.79. The predicted octanol–water partition coefficient (Wildman–Crippen LogP) is -1.12. The average molecular weight is 208 g/mol. The quantitative estimate of drug-likeness (QED) is 0.405. The van der Waals surface area contributed by atoms with E-state index in [1.54, 1.807) is 6.92 Å². The van der Waals surface area contributed by atoms with Gasteiger partial charge in [0.25, 0.3) is 0 Å². The van der Waals surface area contributed by atoms with Gasteiger partial charge in [0.2, 0.25) is 0 Å². The molecule has 0 aliphatic heterocycles. The van der Waals surface area contributed by atoms with Crippen LogP contribution in [-0.2, 0) is 4.74 Å². The molecule has 5 heteroatoms. The maximum Gasteiger partial charge on any atom is 0.100 e. The summed E-state index contributed by atoms with van der Waals surface area (Å²) in [5.74, 6) is 0. The molecule has 0 saturated heterocycles. The first-order chi connectivity index (χ1) is 6.60. The van der Waals surface area contributed by atoms with E-state index in [0.29, 0.717) is 12.8 Å². The minimum atomic E-state index is -0.868. The monoisotopic (exact) mass is 208 g/mol. The van der Waals surface area contributed by atoms with Gasteiger partial charge < -0.3 is 25.2 Å². The highest BCUT2D eigenvalue weighted by Gasteiger charge is 2.11. The Morgan fingerprint density at radius 3 is 2.29 bits per heavy atom. The SMILES string of the molecule is CC(CC(O)CCO)OCC(O)CO. The molecule has 0 aromatic heterocycles. The van der Waals surface area contributed by atoms with E-state index < -0.39 is 12.2 Å². The first-order valence-electron chi connectivity index (χ1n) is 4.79. The van der Waals surface area contributed by atoms with Gasteiger partial charge in [0.1, 0.15) is 6.10 Å². The number of ether oxygens (including phenoxy) is 1. The molecule has 5 nitrogen and oxygen atoms in total. The predicted molar refractivity (Wildman–Crippen MR) is 50.8 cm³/mol. The Balaban J connectivity index is 3.49. The van der Waals surface area contributed by atoms with E-state index in [9.17, 15) is 5.11 Å². The van der Waals surface area contributed by atoms with Crippen LogP contribution in [-0.4, -0.2) is 58.6 Å². The highest BCUT2D eigenvalue weighted by atomic mass is 16.5. The van der Waals surface area contributed by atoms with Crippen LogP contribution >= 0.6 is 0 Å². The fourth-order valence-electron chi connectivity index (χ4n) is 1.05. The number of hydrogen-bond donors (Lipinski definition) is 4. The van der Waals surface area contributed by atoms with E-state index in [4.69, 9.17) is 20.1 Å². The molecule has 14 heavy (non-hydrogen) atoms. The van der Waals surface area contributed by atoms with Crippen molar-refractivity contribution in [3.8, 4) is 0 Å². The highest BCUT2D eigenvalue weighted by molar-refractivity contribution is 4.61. The molecule has 0 spiro atoms. The van der Waals surface area contributed by atoms with Crippen molar-refractivity contribution >= 4 is 0 Å². The van der Waals surface area contributed by atoms with Gasteiger partial charge in [0.05, 0.1) is 25.4 Å². The second kappa shape index (κ2) is 8.14. The van der Waals surface area contributed by atoms with Gasteiger partial charge in [0, 0.05) is 6.61 Å². The van der Waals surface area contributed by atoms with Gasteiger partial charge in [-0.3, -0.25) is 0 Å². The summed E-state index contributed by atoms with van der Waals surface area (Å²) in [7, 11) is 0. The number of rotatable bonds is 8. The summed E-state index contributed by atoms with van der Waals surface area (Å²) in [4.78, 5) is 0. The minimum Gasteiger partial charge on any atom is -0.396 e. The van der Waals surface area contributed by atoms with Crippen LogP contribution in [0.5, 0.6) is 0 Å². The zero-order valence-electron chi connectivity index (χ0n) is 8.46. The number of aliphatic hydroxyl groups is 4. The molecule has 0 rings (SSSR count). The molecule has 3 atom stereocenters. The molecule has 0 bridgehead atoms. The molecule has 0 fully saturated rings. The summed E-state index contributed by atoms with van der Waals surface area (Å²) < 4.78 is 5.16. The molecule has 0 saturated carbocycles. The second-order valence-corrected chi connectivity index (χ2v) is 3.38. The van der Waals surface area contributed by atoms with E-state index in [1.807, 2.05) is 0 Å². The summed E-state index contributed by atoms with van der Waals surface area (Å²) in [5, 5.41) is 35.3. The lowest BCUT2D eigenvalue weighted by Gasteiger charge is -2.17. The summed E-state index contributed by atoms with van der Waals surface area (Å²) in [6, 6.07) is 0. The van der Waals surface area contributed by atoms with Gasteiger partial charge in [0.15, 0.2) is 0 Å². The maximum absolute atomic E-state index is 9.29. The van der Waals surface area contributed by atoms with Crippen LogP contribution < -0.4 is 0 Å². The minimum absolute atomic E-state index is 0.0485. The van der Waals surface area contributed by atoms with Crippen molar-refractivity contribution in [1.82, 2.24) is 0 Å². The van der Waals surface area contributed by atoms with Crippen molar-refractivity contribution < 1.29 is 25.2 Å². The Morgan fingerprint density at radius 2 is 1.79 bits per heavy atom. The van der Waals surface area contributed by atoms with E-state index in [0.717, 1.165) is 0 Å². The van der Waals surface area contributed by atoms with Crippen molar-refractivity contribution in [2.24, 2.45) is 0 Å². The molecule has 0 aromatic carbocycles. The third-order valence-electron chi connectivity index (χ3n) is 1.85. The average Bonchev–Trinajstić information content (AvgIpc) is 2.14. The Morgan fingerprint density at radius 1 is 1.14 bits per heavy atom. The zero-order chi connectivity index (χ0) is 11.0. The summed E-state index contributed by atoms with van der Waals surface area (Å²) >= 11 is 0. The van der Waals surface area contributed by atoms with E-state index in [2.05, 4.69) is 0 Å². The molecule has 0 aliphatic rings. The van der Waals surface area contributed by atoms with Crippen LogP contribution in [0.25, 0.3) is 0 Å². The normalized spacial score (nSPS) is 17.8. The molecule has 0 radical (unpaired) electrons. The van der Waals surface area contributed by atoms with Gasteiger partial charge in [-0.15, -0.1) is 0 Å². The smallest absolute Gasteiger partial charge is 0.100 e. The van der Waals surface area contributed by atoms with E-state index >= 15 is 0 Å². The molecule has 0 amide bonds. The van der Waals surface area contributed by atoms with Gasteiger partial charge in [-0.1, -0.05) is 0 Å². The molecule has 0 heterocycles. The molecule has 4 N–H and O–H groups in total. The molecule has 0 aliphatic carbocycles. The Kier molecular flexibility index (Phi) is 8.02. The van der Waals surface area contributed by atoms with Crippen LogP contribution in [0.2, 0.25) is 0 Å². The lowest BCUT2D eigenvalue weighted by Crippen LogP contribution is -2.25. The topological polar surface area (TPSA) is 90.2 Å². The van der Waals surface area contributed by atoms with E-state index in [1.165, 1.54) is 0 Å². The third-order valence-corrected chi connectivity index (χ3v) is 1.85. The first kappa shape index (κ1) is 13.8. The van der Waals surface area contributed by atoms with Gasteiger partial charge in [-0.25, -0.2) is 0 Å². The third kappa shape index (κ3) is 7.23. The highest BCUT2D eigenvalue weighted by Crippen LogP contribution is 2.05. The van der Waals surface area contributed by atoms with Gasteiger partial charge in [-0.2, -0.15) is 0 Å². The number of aliphatic hydroxyl groups excluding tert-OH is 4. The van der Waals surface area contributed by atoms with Crippen molar-refractivity contribution in [2.45, 2.75) is 38.1 Å². The van der Waals surface area contributed by atoms with Crippen molar-refractivity contribution in [3.63, 3.8) is 0 Å². The number of hydrogen-bond acceptors (Lipinski definition) is 5. The van der Waals surface area contributed by atoms with Crippen LogP contribution in [0.4, 0.5) is 0 Å². The van der Waals surface area contributed by atoms with Crippen molar-refractivity contribution in [2.75, 3.05) is 19.8 Å². The van der Waals surface area contributed by atoms with Crippen LogP contribution in [0.1, 0.15) is 19.8 Å². The van der Waals surface area contributed by atoms with Crippen molar-refractivity contribution in [3.05, 3.63) is 0 Å². The fraction of sp³-hybridized carbons (Fsp3) is 1.00. The second-order valence-electron chi connectivity index (χ2n) is 3.38.